The van der Waals surface area contributed by atoms with Crippen molar-refractivity contribution in [3.8, 4) is 0 Å². The Labute approximate surface area is 751 Å². The van der Waals surface area contributed by atoms with Crippen molar-refractivity contribution < 1.29 is 12.6 Å². The Bertz CT molecular complexity index is 5270. The molecule has 8 heteroatoms. The van der Waals surface area contributed by atoms with Crippen LogP contribution in [-0.4, -0.2) is 43.7 Å². The van der Waals surface area contributed by atoms with Gasteiger partial charge < -0.3 is 0 Å². The summed E-state index contributed by atoms with van der Waals surface area (Å²) in [6, 6.07) is 108. The first kappa shape index (κ1) is 99.1. The minimum atomic E-state index is -3.57. The van der Waals surface area contributed by atoms with E-state index in [1.807, 2.05) is 102 Å². The van der Waals surface area contributed by atoms with E-state index in [2.05, 4.69) is 398 Å². The second-order valence-corrected chi connectivity index (χ2v) is 57.3. The van der Waals surface area contributed by atoms with Crippen molar-refractivity contribution in [2.45, 2.75) is 295 Å². The van der Waals surface area contributed by atoms with Gasteiger partial charge in [-0.25, -0.2) is 12.6 Å². The van der Waals surface area contributed by atoms with Gasteiger partial charge in [-0.05, 0) is 133 Å². The molecule has 12 rings (SSSR count). The van der Waals surface area contributed by atoms with E-state index in [0.717, 1.165) is 32.0 Å². The Morgan fingerprint density at radius 2 is 0.418 bits per heavy atom. The molecule has 0 N–H and O–H groups in total. The predicted octanol–water partition coefficient (Wildman–Crippen LogP) is 25.3. The fourth-order valence-corrected chi connectivity index (χ4v) is 32.9. The van der Waals surface area contributed by atoms with Gasteiger partial charge in [-0.15, -0.1) is 0 Å². The summed E-state index contributed by atoms with van der Waals surface area (Å²) >= 11 is 0.355. The predicted molar refractivity (Wildman–Crippen MR) is 540 cm³/mol. The third kappa shape index (κ3) is 24.2. The zero-order valence-corrected chi connectivity index (χ0v) is 85.7. The molecule has 0 aliphatic heterocycles. The first-order valence-corrected chi connectivity index (χ1v) is 53.2. The Balaban J connectivity index is 0.000000192. The van der Waals surface area contributed by atoms with Crippen LogP contribution in [-0.2, 0) is 74.8 Å². The monoisotopic (exact) mass is 1760 g/mol. The second kappa shape index (κ2) is 39.1. The molecule has 3 nitrogen and oxygen atoms in total. The largest absolute Gasteiger partial charge is 0.180 e. The van der Waals surface area contributed by atoms with E-state index in [1.165, 1.54) is 63.1 Å². The van der Waals surface area contributed by atoms with Crippen LogP contribution in [0.25, 0.3) is 0 Å². The number of benzene rings is 12. The molecule has 12 aromatic carbocycles. The minimum Gasteiger partial charge on any atom is -0.0623 e. The molecule has 0 amide bonds. The van der Waals surface area contributed by atoms with Crippen molar-refractivity contribution in [3.63, 3.8) is 0 Å². The molecule has 0 heterocycles. The fraction of sp³-hybridized carbons (Fsp3) is 0.368. The van der Waals surface area contributed by atoms with Gasteiger partial charge in [0.15, 0.2) is 8.07 Å². The van der Waals surface area contributed by atoms with E-state index in [0.29, 0.717) is 24.7 Å². The Morgan fingerprint density at radius 1 is 0.221 bits per heavy atom. The van der Waals surface area contributed by atoms with Crippen molar-refractivity contribution in [1.29, 1.82) is 0 Å². The summed E-state index contributed by atoms with van der Waals surface area (Å²) < 4.78 is 43.0. The van der Waals surface area contributed by atoms with Gasteiger partial charge in [0.1, 0.15) is 8.07 Å². The molecule has 0 saturated heterocycles. The Morgan fingerprint density at radius 3 is 0.689 bits per heavy atom. The van der Waals surface area contributed by atoms with E-state index in [1.54, 1.807) is 34.6 Å². The van der Waals surface area contributed by atoms with Gasteiger partial charge in [0.2, 0.25) is 9.84 Å². The smallest absolute Gasteiger partial charge is 0.0623 e. The molecule has 0 spiro atoms. The van der Waals surface area contributed by atoms with Crippen LogP contribution in [0, 0.1) is 0 Å². The molecule has 0 saturated carbocycles. The van der Waals surface area contributed by atoms with Gasteiger partial charge in [0, 0.05) is 9.79 Å². The van der Waals surface area contributed by atoms with Crippen molar-refractivity contribution in [3.05, 3.63) is 359 Å². The molecule has 0 unspecified atom stereocenters. The standard InChI is InChI=1S/C32H36Si.C22H32Si.C20H26O2S.C20H26OS.C20H26Se/c1-31(2,3)27-21-13-15-23-29(27)33(25-17-9-7-10-18-25,26-19-11-8-12-20-26)30-24-16-14-22-28(30)32(4,5)6;1-21(2,3)17-13-9-11-15-19(17)23(7,8)20-16-12-10-14-18(20)22(4,5)6;1-19(2,3)15-11-7-9-13-17(15)23(21,22)18-14-10-8-12-16(18)20(4,5)6;1-19(2,3)15-11-7-9-13-17(15)22(21)18-14-10-8-12-16(18)20(4,5)6;1-19(2,3)15-11-7-9-13-17(15)21-18-14-10-8-12-16(18)20(4,5)6/h7-24H,1-6H3;9-16H,1-8H3;7-14H,1-6H3;7-14H,1-6H3;7-14H,1-6H3. The number of rotatable bonds is 12. The van der Waals surface area contributed by atoms with Crippen LogP contribution in [0.3, 0.4) is 0 Å². The third-order valence-corrected chi connectivity index (χ3v) is 37.1. The van der Waals surface area contributed by atoms with Crippen LogP contribution < -0.4 is 40.0 Å². The van der Waals surface area contributed by atoms with Crippen molar-refractivity contribution in [2.75, 3.05) is 0 Å². The molecule has 12 aromatic rings. The topological polar surface area (TPSA) is 51.2 Å². The van der Waals surface area contributed by atoms with Crippen molar-refractivity contribution in [2.24, 2.45) is 0 Å². The van der Waals surface area contributed by atoms with E-state index in [4.69, 9.17) is 0 Å². The summed E-state index contributed by atoms with van der Waals surface area (Å²) in [6.07, 6.45) is 0. The molecule has 646 valence electrons. The summed E-state index contributed by atoms with van der Waals surface area (Å²) in [4.78, 5) is 2.66. The van der Waals surface area contributed by atoms with Gasteiger partial charge in [-0.3, -0.25) is 0 Å². The normalized spacial score (nSPS) is 12.8. The molecular weight excluding hydrogens is 1620 g/mol. The van der Waals surface area contributed by atoms with Crippen LogP contribution in [0.2, 0.25) is 13.1 Å². The number of sulfone groups is 1. The van der Waals surface area contributed by atoms with Crippen molar-refractivity contribution in [1.82, 2.24) is 0 Å². The third-order valence-electron chi connectivity index (χ3n) is 22.9. The summed E-state index contributed by atoms with van der Waals surface area (Å²) in [5, 5.41) is 9.00. The zero-order chi connectivity index (χ0) is 90.8. The molecule has 0 aliphatic carbocycles. The van der Waals surface area contributed by atoms with E-state index in [-0.39, 0.29) is 54.1 Å². The maximum atomic E-state index is 13.4. The van der Waals surface area contributed by atoms with Crippen LogP contribution in [0.1, 0.15) is 263 Å². The zero-order valence-electron chi connectivity index (χ0n) is 80.3. The fourth-order valence-electron chi connectivity index (χ4n) is 16.6. The molecule has 0 atom stereocenters. The van der Waals surface area contributed by atoms with E-state index >= 15 is 0 Å². The van der Waals surface area contributed by atoms with E-state index in [9.17, 15) is 12.6 Å². The van der Waals surface area contributed by atoms with Gasteiger partial charge in [0.25, 0.3) is 0 Å². The maximum Gasteiger partial charge on any atom is 0.180 e. The molecule has 0 fully saturated rings. The molecule has 122 heavy (non-hydrogen) atoms. The summed E-state index contributed by atoms with van der Waals surface area (Å²) in [6.45, 7) is 72.1. The average Bonchev–Trinajstić information content (AvgIpc) is 0.710. The minimum absolute atomic E-state index is 0.0249. The SMILES string of the molecule is CC(C)(C)c1ccccc1S(=O)(=O)c1ccccc1C(C)(C)C.CC(C)(C)c1ccccc1S(=O)c1ccccc1C(C)(C)C.CC(C)(C)c1ccccc1[Se]c1ccccc1C(C)(C)C.CC(C)(C)c1ccccc1[Si](C)(C)c1ccccc1C(C)(C)C.CC(C)(C)c1ccccc1[Si](c1ccccc1)(c1ccccc1)c1ccccc1C(C)(C)C. The molecule has 0 aliphatic rings. The summed E-state index contributed by atoms with van der Waals surface area (Å²) in [7, 11) is -9.10. The molecule has 0 radical (unpaired) electrons. The van der Waals surface area contributed by atoms with Gasteiger partial charge in [-0.1, -0.05) is 420 Å². The summed E-state index contributed by atoms with van der Waals surface area (Å²) in [5.41, 5.74) is 13.2. The Hall–Kier alpha value is -8.31. The first-order chi connectivity index (χ1) is 56.4. The molecular formula is C114H146O3S2SeSi2. The second-order valence-electron chi connectivity index (χ2n) is 43.6. The van der Waals surface area contributed by atoms with Gasteiger partial charge in [-0.2, -0.15) is 0 Å². The van der Waals surface area contributed by atoms with Crippen LogP contribution in [0.15, 0.2) is 323 Å². The number of hydrogen-bond acceptors (Lipinski definition) is 3. The first-order valence-electron chi connectivity index (χ1n) is 43.8. The molecule has 0 aromatic heterocycles. The van der Waals surface area contributed by atoms with Crippen LogP contribution in [0.5, 0.6) is 0 Å². The summed E-state index contributed by atoms with van der Waals surface area (Å²) in [5.74, 6) is 0. The van der Waals surface area contributed by atoms with Crippen LogP contribution >= 0.6 is 0 Å². The van der Waals surface area contributed by atoms with Crippen molar-refractivity contribution >= 4 is 91.8 Å². The molecule has 0 bridgehead atoms. The average molecular weight is 1760 g/mol. The number of hydrogen-bond donors (Lipinski definition) is 0. The quantitative estimate of drug-likeness (QED) is 0.0905. The van der Waals surface area contributed by atoms with Gasteiger partial charge >= 0.3 is 136 Å². The van der Waals surface area contributed by atoms with E-state index < -0.39 is 36.8 Å². The van der Waals surface area contributed by atoms with Gasteiger partial charge in [0.05, 0.1) is 20.6 Å². The Kier molecular flexibility index (Phi) is 31.7. The maximum absolute atomic E-state index is 13.4. The van der Waals surface area contributed by atoms with Crippen LogP contribution in [0.4, 0.5) is 0 Å².